The summed E-state index contributed by atoms with van der Waals surface area (Å²) in [6, 6.07) is 15.4. The number of rotatable bonds is 10. The lowest BCUT2D eigenvalue weighted by atomic mass is 9.78. The first kappa shape index (κ1) is 17.1. The normalized spacial score (nSPS) is 11.4. The maximum atomic E-state index is 3.11. The van der Waals surface area contributed by atoms with Crippen LogP contribution in [-0.4, -0.2) is 0 Å². The van der Waals surface area contributed by atoms with Crippen LogP contribution in [0, 0.1) is 12.1 Å². The number of benzene rings is 1. The average molecular weight is 319 g/mol. The molecule has 2 aromatic carbocycles. The zero-order valence-corrected chi connectivity index (χ0v) is 15.4. The van der Waals surface area contributed by atoms with E-state index in [2.05, 4.69) is 50.2 Å². The molecule has 24 heavy (non-hydrogen) atoms. The first-order valence-electron chi connectivity index (χ1n) is 9.93. The number of hydrogen-bond acceptors (Lipinski definition) is 0. The van der Waals surface area contributed by atoms with Gasteiger partial charge >= 0.3 is 0 Å². The van der Waals surface area contributed by atoms with E-state index in [0.29, 0.717) is 0 Å². The quantitative estimate of drug-likeness (QED) is 0.347. The Labute approximate surface area is 148 Å². The van der Waals surface area contributed by atoms with Crippen LogP contribution in [0.15, 0.2) is 24.3 Å². The van der Waals surface area contributed by atoms with E-state index in [1.165, 1.54) is 86.5 Å². The molecule has 0 saturated carbocycles. The summed E-state index contributed by atoms with van der Waals surface area (Å²) < 4.78 is 0. The van der Waals surface area contributed by atoms with Gasteiger partial charge in [-0.2, -0.15) is 0 Å². The van der Waals surface area contributed by atoms with Crippen molar-refractivity contribution < 1.29 is 0 Å². The van der Waals surface area contributed by atoms with Crippen molar-refractivity contribution in [1.29, 1.82) is 0 Å². The summed E-state index contributed by atoms with van der Waals surface area (Å²) in [5.74, 6) is 0. The molecule has 3 rings (SSSR count). The summed E-state index contributed by atoms with van der Waals surface area (Å²) in [5, 5.41) is 0. The lowest BCUT2D eigenvalue weighted by Crippen LogP contribution is -2.04. The molecule has 1 aliphatic carbocycles. The molecule has 0 N–H and O–H groups in total. The highest BCUT2D eigenvalue weighted by atomic mass is 14.3. The van der Waals surface area contributed by atoms with Crippen LogP contribution < -0.4 is 0 Å². The smallest absolute Gasteiger partial charge is 0.000868 e. The molecule has 1 aliphatic rings. The number of fused-ring (bicyclic) bond motifs is 4. The Hall–Kier alpha value is -1.74. The number of hydrogen-bond donors (Lipinski definition) is 0. The predicted octanol–water partition coefficient (Wildman–Crippen LogP) is 7.18. The Kier molecular flexibility index (Phi) is 5.97. The van der Waals surface area contributed by atoms with E-state index in [1.807, 2.05) is 0 Å². The second-order valence-electron chi connectivity index (χ2n) is 7.19. The Morgan fingerprint density at radius 3 is 1.46 bits per heavy atom. The zero-order chi connectivity index (χ0) is 16.8. The van der Waals surface area contributed by atoms with Crippen LogP contribution in [-0.2, 0) is 12.8 Å². The molecule has 0 atom stereocenters. The van der Waals surface area contributed by atoms with Gasteiger partial charge in [-0.15, -0.1) is 0 Å². The summed E-state index contributed by atoms with van der Waals surface area (Å²) in [5.41, 5.74) is 8.82. The van der Waals surface area contributed by atoms with Crippen molar-refractivity contribution in [2.45, 2.75) is 78.1 Å². The molecule has 0 radical (unpaired) electrons. The largest absolute Gasteiger partial charge is 0.0696 e. The molecule has 0 heterocycles. The van der Waals surface area contributed by atoms with Gasteiger partial charge in [0.2, 0.25) is 0 Å². The molecule has 0 unspecified atom stereocenters. The topological polar surface area (TPSA) is 0 Å². The molecule has 0 spiro atoms. The third kappa shape index (κ3) is 3.67. The van der Waals surface area contributed by atoms with Crippen LogP contribution in [0.2, 0.25) is 0 Å². The molecule has 0 aliphatic heterocycles. The summed E-state index contributed by atoms with van der Waals surface area (Å²) in [6.07, 6.45) is 13.2. The molecule has 0 nitrogen and oxygen atoms in total. The standard InChI is InChI=1S/C24H30/c1-3-5-7-9-13-19-17-23-21-15-11-12-16-22(21)24(23)18-20(19)14-10-8-6-4-2/h15-18H,3-10,13-14H2,1-2H3. The van der Waals surface area contributed by atoms with Gasteiger partial charge in [0.1, 0.15) is 0 Å². The van der Waals surface area contributed by atoms with Crippen molar-refractivity contribution in [3.8, 4) is 22.3 Å². The van der Waals surface area contributed by atoms with E-state index in [1.54, 1.807) is 11.1 Å². The van der Waals surface area contributed by atoms with Crippen molar-refractivity contribution in [2.75, 3.05) is 0 Å². The van der Waals surface area contributed by atoms with Gasteiger partial charge in [-0.3, -0.25) is 0 Å². The molecule has 0 heteroatoms. The number of unbranched alkanes of at least 4 members (excludes halogenated alkanes) is 6. The maximum Gasteiger partial charge on any atom is -0.000868 e. The first-order valence-corrected chi connectivity index (χ1v) is 9.93. The Morgan fingerprint density at radius 1 is 0.583 bits per heavy atom. The fourth-order valence-electron chi connectivity index (χ4n) is 3.85. The minimum atomic E-state index is 1.24. The second-order valence-corrected chi connectivity index (χ2v) is 7.19. The van der Waals surface area contributed by atoms with Gasteiger partial charge < -0.3 is 0 Å². The van der Waals surface area contributed by atoms with E-state index in [9.17, 15) is 0 Å². The number of aryl methyl sites for hydroxylation is 2. The van der Waals surface area contributed by atoms with E-state index in [4.69, 9.17) is 0 Å². The van der Waals surface area contributed by atoms with E-state index < -0.39 is 0 Å². The lowest BCUT2D eigenvalue weighted by molar-refractivity contribution is 0.651. The second kappa shape index (κ2) is 8.39. The highest BCUT2D eigenvalue weighted by Gasteiger charge is 2.23. The third-order valence-corrected chi connectivity index (χ3v) is 5.33. The summed E-state index contributed by atoms with van der Waals surface area (Å²) in [4.78, 5) is 0. The zero-order valence-electron chi connectivity index (χ0n) is 15.4. The van der Waals surface area contributed by atoms with Gasteiger partial charge in [0.05, 0.1) is 0 Å². The summed E-state index contributed by atoms with van der Waals surface area (Å²) in [7, 11) is 0. The van der Waals surface area contributed by atoms with Gasteiger partial charge in [-0.05, 0) is 71.2 Å². The van der Waals surface area contributed by atoms with Crippen molar-refractivity contribution in [3.05, 3.63) is 47.5 Å². The molecule has 0 bridgehead atoms. The van der Waals surface area contributed by atoms with E-state index in [-0.39, 0.29) is 0 Å². The molecular formula is C24H30. The SMILES string of the molecule is CCCCCCc1cc2c(cc1CCCCCC)-c1cc#ccc1-2. The van der Waals surface area contributed by atoms with Gasteiger partial charge in [-0.1, -0.05) is 76.6 Å². The predicted molar refractivity (Wildman–Crippen MR) is 104 cm³/mol. The van der Waals surface area contributed by atoms with Crippen LogP contribution in [0.4, 0.5) is 0 Å². The van der Waals surface area contributed by atoms with Crippen molar-refractivity contribution in [2.24, 2.45) is 0 Å². The lowest BCUT2D eigenvalue weighted by Gasteiger charge is -2.25. The first-order chi connectivity index (χ1) is 11.8. The Balaban J connectivity index is 1.75. The highest BCUT2D eigenvalue weighted by Crippen LogP contribution is 2.47. The molecule has 0 saturated heterocycles. The van der Waals surface area contributed by atoms with E-state index >= 15 is 0 Å². The minimum absolute atomic E-state index is 1.24. The molecule has 126 valence electrons. The fourth-order valence-corrected chi connectivity index (χ4v) is 3.85. The summed E-state index contributed by atoms with van der Waals surface area (Å²) >= 11 is 0. The van der Waals surface area contributed by atoms with Crippen molar-refractivity contribution in [3.63, 3.8) is 0 Å². The monoisotopic (exact) mass is 318 g/mol. The Bertz CT molecular complexity index is 608. The maximum absolute atomic E-state index is 3.11. The fraction of sp³-hybridized carbons (Fsp3) is 0.500. The van der Waals surface area contributed by atoms with Gasteiger partial charge in [0.25, 0.3) is 0 Å². The Morgan fingerprint density at radius 2 is 1.04 bits per heavy atom. The van der Waals surface area contributed by atoms with Crippen LogP contribution in [0.5, 0.6) is 0 Å². The molecule has 0 fully saturated rings. The van der Waals surface area contributed by atoms with Crippen LogP contribution in [0.3, 0.4) is 0 Å². The average Bonchev–Trinajstić information content (AvgIpc) is 2.61. The molecule has 2 aromatic rings. The van der Waals surface area contributed by atoms with Crippen molar-refractivity contribution in [1.82, 2.24) is 0 Å². The van der Waals surface area contributed by atoms with Crippen LogP contribution >= 0.6 is 0 Å². The summed E-state index contributed by atoms with van der Waals surface area (Å²) in [6.45, 7) is 4.57. The highest BCUT2D eigenvalue weighted by molar-refractivity contribution is 6.02. The van der Waals surface area contributed by atoms with Gasteiger partial charge in [-0.25, -0.2) is 0 Å². The molecule has 0 amide bonds. The minimum Gasteiger partial charge on any atom is -0.0696 e. The van der Waals surface area contributed by atoms with Gasteiger partial charge in [0.15, 0.2) is 0 Å². The van der Waals surface area contributed by atoms with Crippen LogP contribution in [0.1, 0.15) is 76.3 Å². The molecular weight excluding hydrogens is 288 g/mol. The molecule has 0 aromatic heterocycles. The third-order valence-electron chi connectivity index (χ3n) is 5.33. The van der Waals surface area contributed by atoms with Gasteiger partial charge in [0, 0.05) is 0 Å². The van der Waals surface area contributed by atoms with Crippen molar-refractivity contribution >= 4 is 0 Å². The van der Waals surface area contributed by atoms with Crippen LogP contribution in [0.25, 0.3) is 22.3 Å². The van der Waals surface area contributed by atoms with E-state index in [0.717, 1.165) is 0 Å².